The molecule has 12 nitrogen and oxygen atoms in total. The van der Waals surface area contributed by atoms with Gasteiger partial charge in [0.25, 0.3) is 0 Å². The van der Waals surface area contributed by atoms with E-state index in [-0.39, 0.29) is 50.2 Å². The van der Waals surface area contributed by atoms with E-state index in [0.717, 1.165) is 17.2 Å². The summed E-state index contributed by atoms with van der Waals surface area (Å²) in [5.41, 5.74) is 0.397. The van der Waals surface area contributed by atoms with Crippen LogP contribution in [-0.2, 0) is 9.57 Å². The first-order valence-corrected chi connectivity index (χ1v) is 9.87. The lowest BCUT2D eigenvalue weighted by Gasteiger charge is -2.24. The van der Waals surface area contributed by atoms with Crippen molar-refractivity contribution in [2.75, 3.05) is 42.6 Å². The van der Waals surface area contributed by atoms with Crippen LogP contribution in [0.15, 0.2) is 24.5 Å². The lowest BCUT2D eigenvalue weighted by molar-refractivity contribution is -0.112. The number of carbonyl (C=O) groups excluding carboxylic acids is 2. The molecule has 3 heterocycles. The number of aromatic nitrogens is 3. The monoisotopic (exact) mass is 451 g/mol. The van der Waals surface area contributed by atoms with E-state index in [4.69, 9.17) is 14.8 Å². The Labute approximate surface area is 179 Å². The minimum atomic E-state index is -0.881. The van der Waals surface area contributed by atoms with Crippen LogP contribution in [0.4, 0.5) is 29.7 Å². The third-order valence-electron chi connectivity index (χ3n) is 5.82. The topological polar surface area (TPSA) is 125 Å². The summed E-state index contributed by atoms with van der Waals surface area (Å²) in [6.07, 6.45) is 3.04. The maximum absolute atomic E-state index is 15.0. The molecular formula is C18H19F2N7O5. The van der Waals surface area contributed by atoms with Crippen molar-refractivity contribution >= 4 is 23.5 Å². The van der Waals surface area contributed by atoms with Crippen molar-refractivity contribution in [2.24, 2.45) is 0 Å². The minimum absolute atomic E-state index is 0.0291. The average molecular weight is 451 g/mol. The first-order valence-electron chi connectivity index (χ1n) is 9.87. The molecule has 3 amide bonds. The molecular weight excluding hydrogens is 432 g/mol. The van der Waals surface area contributed by atoms with Gasteiger partial charge in [-0.3, -0.25) is 14.9 Å². The number of anilines is 2. The molecule has 3 fully saturated rings. The van der Waals surface area contributed by atoms with Crippen LogP contribution in [0.5, 0.6) is 0 Å². The number of carbonyl (C=O) groups is 2. The zero-order chi connectivity index (χ0) is 22.5. The van der Waals surface area contributed by atoms with E-state index in [1.165, 1.54) is 21.5 Å². The number of hydroxylamine groups is 3. The lowest BCUT2D eigenvalue weighted by Crippen LogP contribution is -2.40. The van der Waals surface area contributed by atoms with Gasteiger partial charge in [0.2, 0.25) is 0 Å². The van der Waals surface area contributed by atoms with Gasteiger partial charge >= 0.3 is 12.1 Å². The second-order valence-corrected chi connectivity index (χ2v) is 7.72. The predicted octanol–water partition coefficient (Wildman–Crippen LogP) is 1.05. The molecule has 2 N–H and O–H groups in total. The van der Waals surface area contributed by atoms with Gasteiger partial charge in [-0.2, -0.15) is 5.06 Å². The molecule has 1 spiro atoms. The normalized spacial score (nSPS) is 25.2. The molecule has 32 heavy (non-hydrogen) atoms. The van der Waals surface area contributed by atoms with Crippen LogP contribution in [0.1, 0.15) is 12.5 Å². The van der Waals surface area contributed by atoms with Crippen LogP contribution in [0, 0.1) is 11.6 Å². The van der Waals surface area contributed by atoms with Crippen LogP contribution in [0.3, 0.4) is 0 Å². The van der Waals surface area contributed by atoms with Crippen molar-refractivity contribution in [1.82, 2.24) is 25.5 Å². The second-order valence-electron chi connectivity index (χ2n) is 7.72. The third-order valence-corrected chi connectivity index (χ3v) is 5.82. The largest absolute Gasteiger partial charge is 0.438 e. The predicted molar refractivity (Wildman–Crippen MR) is 102 cm³/mol. The molecule has 0 unspecified atom stereocenters. The Hall–Kier alpha value is -3.52. The van der Waals surface area contributed by atoms with Crippen LogP contribution in [-0.4, -0.2) is 75.8 Å². The van der Waals surface area contributed by atoms with Crippen LogP contribution < -0.4 is 15.3 Å². The minimum Gasteiger partial charge on any atom is -0.438 e. The molecule has 1 saturated carbocycles. The second kappa shape index (κ2) is 7.56. The van der Waals surface area contributed by atoms with Crippen LogP contribution >= 0.6 is 0 Å². The highest BCUT2D eigenvalue weighted by molar-refractivity contribution is 5.91. The van der Waals surface area contributed by atoms with Crippen molar-refractivity contribution in [2.45, 2.75) is 18.1 Å². The zero-order valence-electron chi connectivity index (χ0n) is 16.6. The number of ether oxygens (including phenoxy) is 1. The Bertz CT molecular complexity index is 1030. The molecule has 1 aromatic heterocycles. The maximum atomic E-state index is 15.0. The Balaban J connectivity index is 1.33. The summed E-state index contributed by atoms with van der Waals surface area (Å²) in [5, 5.41) is 17.2. The Morgan fingerprint density at radius 2 is 2.03 bits per heavy atom. The number of urea groups is 1. The molecule has 2 saturated heterocycles. The van der Waals surface area contributed by atoms with Gasteiger partial charge in [0.1, 0.15) is 5.69 Å². The number of nitrogens with one attached hydrogen (secondary N) is 1. The summed E-state index contributed by atoms with van der Waals surface area (Å²) in [7, 11) is 0. The fraction of sp³-hybridized carbons (Fsp3) is 0.444. The first-order chi connectivity index (χ1) is 15.4. The number of benzene rings is 1. The van der Waals surface area contributed by atoms with Crippen LogP contribution in [0.2, 0.25) is 0 Å². The number of amides is 3. The van der Waals surface area contributed by atoms with Crippen molar-refractivity contribution < 1.29 is 33.2 Å². The average Bonchev–Trinajstić information content (AvgIpc) is 3.09. The van der Waals surface area contributed by atoms with E-state index in [1.54, 1.807) is 10.9 Å². The SMILES string of the molecule is O=C(NO)N1CCN(c2c(F)cc(N3C[C@]4(C[C@@H]4n4ccnn4)OC3=O)cc2F)CCO1. The van der Waals surface area contributed by atoms with Crippen LogP contribution in [0.25, 0.3) is 0 Å². The smallest absolute Gasteiger partial charge is 0.415 e. The van der Waals surface area contributed by atoms with E-state index in [9.17, 15) is 18.4 Å². The van der Waals surface area contributed by atoms with E-state index in [0.29, 0.717) is 6.42 Å². The van der Waals surface area contributed by atoms with Gasteiger partial charge < -0.3 is 9.64 Å². The van der Waals surface area contributed by atoms with Gasteiger partial charge in [-0.05, 0) is 0 Å². The molecule has 2 aliphatic heterocycles. The lowest BCUT2D eigenvalue weighted by atomic mass is 10.2. The van der Waals surface area contributed by atoms with Crippen molar-refractivity contribution in [3.8, 4) is 0 Å². The summed E-state index contributed by atoms with van der Waals surface area (Å²) >= 11 is 0. The number of rotatable bonds is 3. The maximum Gasteiger partial charge on any atom is 0.415 e. The summed E-state index contributed by atoms with van der Waals surface area (Å²) in [6, 6.07) is 1.10. The van der Waals surface area contributed by atoms with E-state index < -0.39 is 29.4 Å². The molecule has 170 valence electrons. The molecule has 0 radical (unpaired) electrons. The quantitative estimate of drug-likeness (QED) is 0.524. The van der Waals surface area contributed by atoms with E-state index in [2.05, 4.69) is 10.3 Å². The van der Waals surface area contributed by atoms with E-state index in [1.807, 2.05) is 0 Å². The molecule has 1 aromatic carbocycles. The molecule has 3 aliphatic rings. The van der Waals surface area contributed by atoms with Gasteiger partial charge in [-0.25, -0.2) is 28.5 Å². The molecule has 5 rings (SSSR count). The van der Waals surface area contributed by atoms with Gasteiger partial charge in [-0.15, -0.1) is 5.10 Å². The molecule has 2 aromatic rings. The number of hydrogen-bond donors (Lipinski definition) is 2. The Kier molecular flexibility index (Phi) is 4.82. The number of halogens is 2. The highest BCUT2D eigenvalue weighted by atomic mass is 19.1. The Morgan fingerprint density at radius 1 is 1.25 bits per heavy atom. The summed E-state index contributed by atoms with van der Waals surface area (Å²) < 4.78 is 37.1. The third kappa shape index (κ3) is 3.36. The highest BCUT2D eigenvalue weighted by Gasteiger charge is 2.65. The van der Waals surface area contributed by atoms with Gasteiger partial charge in [-0.1, -0.05) is 5.21 Å². The molecule has 14 heteroatoms. The summed E-state index contributed by atoms with van der Waals surface area (Å²) in [6.45, 7) is 0.250. The summed E-state index contributed by atoms with van der Waals surface area (Å²) in [4.78, 5) is 31.7. The fourth-order valence-corrected chi connectivity index (χ4v) is 4.16. The van der Waals surface area contributed by atoms with Crippen molar-refractivity contribution in [1.29, 1.82) is 0 Å². The van der Waals surface area contributed by atoms with Crippen molar-refractivity contribution in [3.05, 3.63) is 36.2 Å². The highest BCUT2D eigenvalue weighted by Crippen LogP contribution is 2.54. The molecule has 1 aliphatic carbocycles. The Morgan fingerprint density at radius 3 is 2.72 bits per heavy atom. The molecule has 0 bridgehead atoms. The molecule has 2 atom stereocenters. The van der Waals surface area contributed by atoms with Crippen molar-refractivity contribution in [3.63, 3.8) is 0 Å². The number of nitrogens with zero attached hydrogens (tertiary/aromatic N) is 6. The standard InChI is InChI=1S/C18H19F2N7O5/c19-12-7-11(25-10-18(32-17(25)29)9-14(18)26-2-1-21-23-26)8-13(20)15(12)24-3-4-27(16(28)22-30)31-6-5-24/h1-2,7-8,14,30H,3-6,9-10H2,(H,22,28)/t14-,18-/m0/s1. The fourth-order valence-electron chi connectivity index (χ4n) is 4.16. The van der Waals surface area contributed by atoms with Gasteiger partial charge in [0, 0.05) is 37.8 Å². The zero-order valence-corrected chi connectivity index (χ0v) is 16.6. The van der Waals surface area contributed by atoms with Gasteiger partial charge in [0.05, 0.1) is 37.6 Å². The van der Waals surface area contributed by atoms with Gasteiger partial charge in [0.15, 0.2) is 17.2 Å². The van der Waals surface area contributed by atoms with E-state index >= 15 is 0 Å². The first kappa shape index (κ1) is 20.4. The summed E-state index contributed by atoms with van der Waals surface area (Å²) in [5.74, 6) is -1.73. The number of hydrogen-bond acceptors (Lipinski definition) is 8.